The highest BCUT2D eigenvalue weighted by atomic mass is 28.3. The fourth-order valence-electron chi connectivity index (χ4n) is 3.15. The van der Waals surface area contributed by atoms with E-state index in [9.17, 15) is 0 Å². The fraction of sp³-hybridized carbons (Fsp3) is 0.769. The summed E-state index contributed by atoms with van der Waals surface area (Å²) in [6.45, 7) is 13.1. The monoisotopic (exact) mass is 281 g/mol. The Kier molecular flexibility index (Phi) is 3.73. The van der Waals surface area contributed by atoms with Crippen LogP contribution in [0, 0.1) is 0 Å². The third-order valence-corrected chi connectivity index (χ3v) is 11.6. The van der Waals surface area contributed by atoms with E-state index in [1.54, 1.807) is 0 Å². The van der Waals surface area contributed by atoms with Gasteiger partial charge in [0.15, 0.2) is 16.5 Å². The van der Waals surface area contributed by atoms with Gasteiger partial charge in [-0.3, -0.25) is 4.35 Å². The summed E-state index contributed by atoms with van der Waals surface area (Å²) >= 11 is 0. The second kappa shape index (κ2) is 4.85. The molecule has 0 bridgehead atoms. The van der Waals surface area contributed by atoms with Crippen LogP contribution in [0.2, 0.25) is 37.8 Å². The predicted octanol–water partition coefficient (Wildman–Crippen LogP) is 3.76. The Bertz CT molecular complexity index is 405. The molecule has 5 heteroatoms. The minimum Gasteiger partial charge on any atom is -0.395 e. The van der Waals surface area contributed by atoms with Crippen LogP contribution in [0.25, 0.3) is 0 Å². The van der Waals surface area contributed by atoms with Crippen molar-refractivity contribution in [2.45, 2.75) is 58.0 Å². The lowest BCUT2D eigenvalue weighted by Crippen LogP contribution is -2.47. The van der Waals surface area contributed by atoms with Gasteiger partial charge in [0.2, 0.25) is 0 Å². The van der Waals surface area contributed by atoms with E-state index in [1.807, 2.05) is 0 Å². The molecule has 1 aliphatic rings. The van der Waals surface area contributed by atoms with E-state index in [1.165, 1.54) is 36.8 Å². The number of nitrogens with zero attached hydrogens (tertiary/aromatic N) is 3. The second-order valence-electron chi connectivity index (χ2n) is 6.50. The van der Waals surface area contributed by atoms with Gasteiger partial charge >= 0.3 is 0 Å². The first-order valence-corrected chi connectivity index (χ1v) is 13.3. The smallest absolute Gasteiger partial charge is 0.176 e. The van der Waals surface area contributed by atoms with Crippen molar-refractivity contribution < 1.29 is 0 Å². The molecule has 3 nitrogen and oxygen atoms in total. The van der Waals surface area contributed by atoms with Crippen molar-refractivity contribution in [3.63, 3.8) is 0 Å². The molecule has 0 spiro atoms. The van der Waals surface area contributed by atoms with E-state index < -0.39 is 16.5 Å². The lowest BCUT2D eigenvalue weighted by atomic mass is 10.4. The molecule has 0 aliphatic carbocycles. The zero-order valence-electron chi connectivity index (χ0n) is 12.5. The molecular weight excluding hydrogens is 254 g/mol. The van der Waals surface area contributed by atoms with Crippen molar-refractivity contribution in [2.24, 2.45) is 0 Å². The number of aromatic nitrogens is 2. The van der Waals surface area contributed by atoms with Gasteiger partial charge in [-0.2, -0.15) is 5.10 Å². The molecule has 0 saturated carbocycles. The van der Waals surface area contributed by atoms with Crippen LogP contribution in [0.5, 0.6) is 0 Å². The Balaban J connectivity index is 2.29. The Morgan fingerprint density at radius 1 is 1.28 bits per heavy atom. The summed E-state index contributed by atoms with van der Waals surface area (Å²) in [6, 6.07) is 4.22. The Morgan fingerprint density at radius 3 is 2.44 bits per heavy atom. The molecule has 0 amide bonds. The van der Waals surface area contributed by atoms with Gasteiger partial charge in [0.05, 0.1) is 11.9 Å². The van der Waals surface area contributed by atoms with Gasteiger partial charge in [0.25, 0.3) is 0 Å². The minimum atomic E-state index is -1.34. The highest BCUT2D eigenvalue weighted by molar-refractivity contribution is 6.84. The van der Waals surface area contributed by atoms with Crippen molar-refractivity contribution in [2.75, 3.05) is 11.1 Å². The van der Waals surface area contributed by atoms with Gasteiger partial charge in [-0.1, -0.05) is 13.8 Å². The third-order valence-electron chi connectivity index (χ3n) is 4.48. The first-order chi connectivity index (χ1) is 8.43. The van der Waals surface area contributed by atoms with Crippen LogP contribution in [0.15, 0.2) is 12.4 Å². The summed E-state index contributed by atoms with van der Waals surface area (Å²) in [5, 5.41) is 4.63. The molecule has 1 aromatic rings. The van der Waals surface area contributed by atoms with Crippen molar-refractivity contribution in [3.8, 4) is 0 Å². The zero-order valence-corrected chi connectivity index (χ0v) is 14.5. The Hall–Kier alpha value is -0.556. The van der Waals surface area contributed by atoms with Gasteiger partial charge in [-0.05, 0) is 44.2 Å². The minimum absolute atomic E-state index is 1.20. The molecule has 0 aromatic carbocycles. The highest BCUT2D eigenvalue weighted by Crippen LogP contribution is 2.36. The van der Waals surface area contributed by atoms with Crippen LogP contribution in [-0.2, 0) is 0 Å². The molecule has 0 atom stereocenters. The zero-order chi connectivity index (χ0) is 13.4. The maximum Gasteiger partial charge on any atom is 0.176 e. The molecule has 2 heterocycles. The van der Waals surface area contributed by atoms with E-state index in [-0.39, 0.29) is 0 Å². The molecule has 18 heavy (non-hydrogen) atoms. The topological polar surface area (TPSA) is 21.1 Å². The van der Waals surface area contributed by atoms with Crippen LogP contribution in [0.4, 0.5) is 5.69 Å². The number of hydrogen-bond donors (Lipinski definition) is 0. The van der Waals surface area contributed by atoms with Gasteiger partial charge in [-0.25, -0.2) is 0 Å². The van der Waals surface area contributed by atoms with Gasteiger partial charge in [0, 0.05) is 12.7 Å². The largest absolute Gasteiger partial charge is 0.395 e. The van der Waals surface area contributed by atoms with Crippen LogP contribution < -0.4 is 4.57 Å². The van der Waals surface area contributed by atoms with Gasteiger partial charge in [-0.15, -0.1) is 0 Å². The quantitative estimate of drug-likeness (QED) is 0.784. The van der Waals surface area contributed by atoms with Crippen LogP contribution in [0.3, 0.4) is 0 Å². The predicted molar refractivity (Wildman–Crippen MR) is 84.5 cm³/mol. The Morgan fingerprint density at radius 2 is 1.94 bits per heavy atom. The summed E-state index contributed by atoms with van der Waals surface area (Å²) in [7, 11) is -2.54. The molecule has 1 saturated heterocycles. The molecule has 0 N–H and O–H groups in total. The first-order valence-electron chi connectivity index (χ1n) is 7.26. The van der Waals surface area contributed by atoms with E-state index >= 15 is 0 Å². The van der Waals surface area contributed by atoms with Crippen molar-refractivity contribution >= 4 is 22.2 Å². The summed E-state index contributed by atoms with van der Waals surface area (Å²) in [5.74, 6) is 0. The van der Waals surface area contributed by atoms with E-state index in [0.29, 0.717) is 0 Å². The standard InChI is InChI=1S/C13H27N3Si2/c1-6-18(7-2)10-8-9-15(18)13-11-14-16(12-13)17(3,4)5/h11-12H,6-10H2,1-5H3. The third kappa shape index (κ3) is 2.30. The molecular formula is C13H27N3Si2. The SMILES string of the molecule is CC[Si]1(CC)CCCN1c1cnn([Si](C)(C)C)c1. The van der Waals surface area contributed by atoms with Crippen molar-refractivity contribution in [3.05, 3.63) is 12.4 Å². The van der Waals surface area contributed by atoms with Crippen LogP contribution >= 0.6 is 0 Å². The highest BCUT2D eigenvalue weighted by Gasteiger charge is 2.41. The Labute approximate surface area is 113 Å². The maximum atomic E-state index is 4.63. The average molecular weight is 282 g/mol. The lowest BCUT2D eigenvalue weighted by molar-refractivity contribution is 0.933. The maximum absolute atomic E-state index is 4.63. The fourth-order valence-corrected chi connectivity index (χ4v) is 8.42. The van der Waals surface area contributed by atoms with E-state index in [0.717, 1.165) is 0 Å². The molecule has 2 rings (SSSR count). The molecule has 0 radical (unpaired) electrons. The summed E-state index contributed by atoms with van der Waals surface area (Å²) in [4.78, 5) is 0. The van der Waals surface area contributed by atoms with Crippen LogP contribution in [-0.4, -0.2) is 32.5 Å². The summed E-state index contributed by atoms with van der Waals surface area (Å²) < 4.78 is 4.99. The first kappa shape index (κ1) is 13.9. The number of rotatable bonds is 4. The number of hydrogen-bond acceptors (Lipinski definition) is 2. The van der Waals surface area contributed by atoms with Crippen molar-refractivity contribution in [1.29, 1.82) is 0 Å². The normalized spacial score (nSPS) is 19.5. The number of anilines is 1. The van der Waals surface area contributed by atoms with Crippen LogP contribution in [0.1, 0.15) is 20.3 Å². The molecule has 102 valence electrons. The molecule has 1 aromatic heterocycles. The van der Waals surface area contributed by atoms with E-state index in [2.05, 4.69) is 59.9 Å². The molecule has 1 aliphatic heterocycles. The van der Waals surface area contributed by atoms with Crippen molar-refractivity contribution in [1.82, 2.24) is 9.45 Å². The molecule has 1 fully saturated rings. The summed E-state index contributed by atoms with van der Waals surface area (Å²) in [6.07, 6.45) is 5.80. The second-order valence-corrected chi connectivity index (χ2v) is 16.2. The average Bonchev–Trinajstić information content (AvgIpc) is 2.94. The lowest BCUT2D eigenvalue weighted by Gasteiger charge is -2.36. The van der Waals surface area contributed by atoms with Gasteiger partial charge < -0.3 is 4.57 Å². The van der Waals surface area contributed by atoms with E-state index in [4.69, 9.17) is 0 Å². The summed E-state index contributed by atoms with van der Waals surface area (Å²) in [5.41, 5.74) is 1.39. The van der Waals surface area contributed by atoms with Gasteiger partial charge in [0.1, 0.15) is 0 Å². The molecule has 0 unspecified atom stereocenters.